The smallest absolute Gasteiger partial charge is 0.342 e. The van der Waals surface area contributed by atoms with Gasteiger partial charge in [0.15, 0.2) is 6.61 Å². The van der Waals surface area contributed by atoms with Gasteiger partial charge in [-0.15, -0.1) is 0 Å². The van der Waals surface area contributed by atoms with Crippen LogP contribution in [0.3, 0.4) is 0 Å². The summed E-state index contributed by atoms with van der Waals surface area (Å²) in [6, 6.07) is 17.0. The van der Waals surface area contributed by atoms with Gasteiger partial charge in [0.1, 0.15) is 17.1 Å². The average Bonchev–Trinajstić information content (AvgIpc) is 3.12. The maximum Gasteiger partial charge on any atom is 0.342 e. The molecule has 3 aromatic rings. The molecule has 0 atom stereocenters. The Morgan fingerprint density at radius 3 is 2.25 bits per heavy atom. The van der Waals surface area contributed by atoms with Crippen LogP contribution in [0.15, 0.2) is 66.7 Å². The molecule has 1 heterocycles. The van der Waals surface area contributed by atoms with Gasteiger partial charge >= 0.3 is 5.97 Å². The molecule has 184 valence electrons. The van der Waals surface area contributed by atoms with E-state index in [1.807, 2.05) is 0 Å². The highest BCUT2D eigenvalue weighted by Crippen LogP contribution is 2.26. The van der Waals surface area contributed by atoms with E-state index < -0.39 is 36.1 Å². The maximum atomic E-state index is 13.4. The lowest BCUT2D eigenvalue weighted by atomic mass is 10.1. The first-order chi connectivity index (χ1) is 17.3. The zero-order valence-corrected chi connectivity index (χ0v) is 19.7. The molecule has 3 aromatic carbocycles. The van der Waals surface area contributed by atoms with Crippen LogP contribution < -0.4 is 4.74 Å². The van der Waals surface area contributed by atoms with E-state index in [0.29, 0.717) is 22.3 Å². The highest BCUT2D eigenvalue weighted by atomic mass is 19.1. The first-order valence-corrected chi connectivity index (χ1v) is 11.1. The first kappa shape index (κ1) is 24.6. The van der Waals surface area contributed by atoms with Crippen LogP contribution in [0.4, 0.5) is 4.39 Å². The summed E-state index contributed by atoms with van der Waals surface area (Å²) in [5, 5.41) is 0. The van der Waals surface area contributed by atoms with Crippen LogP contribution in [0, 0.1) is 5.82 Å². The normalized spacial score (nSPS) is 12.4. The minimum absolute atomic E-state index is 0.0483. The topological polar surface area (TPSA) is 93.2 Å². The van der Waals surface area contributed by atoms with Crippen molar-refractivity contribution in [2.45, 2.75) is 13.1 Å². The number of benzene rings is 3. The number of amides is 3. The lowest BCUT2D eigenvalue weighted by Crippen LogP contribution is -2.31. The van der Waals surface area contributed by atoms with Crippen LogP contribution in [0.2, 0.25) is 0 Å². The van der Waals surface area contributed by atoms with E-state index in [0.717, 1.165) is 4.90 Å². The quantitative estimate of drug-likeness (QED) is 0.355. The average molecular weight is 490 g/mol. The number of carbonyl (C=O) groups excluding carboxylic acids is 4. The molecule has 4 rings (SSSR count). The molecule has 0 fully saturated rings. The lowest BCUT2D eigenvalue weighted by molar-refractivity contribution is -0.133. The van der Waals surface area contributed by atoms with Crippen molar-refractivity contribution in [3.05, 3.63) is 100 Å². The van der Waals surface area contributed by atoms with Crippen LogP contribution in [0.25, 0.3) is 0 Å². The highest BCUT2D eigenvalue weighted by Gasteiger charge is 2.35. The molecule has 0 spiro atoms. The molecule has 0 aromatic heterocycles. The Hall–Kier alpha value is -4.53. The fourth-order valence-corrected chi connectivity index (χ4v) is 3.89. The van der Waals surface area contributed by atoms with Crippen LogP contribution in [0.1, 0.15) is 42.2 Å². The molecule has 9 heteroatoms. The minimum Gasteiger partial charge on any atom is -0.496 e. The molecule has 1 aliphatic heterocycles. The Bertz CT molecular complexity index is 1320. The summed E-state index contributed by atoms with van der Waals surface area (Å²) in [6.45, 7) is -0.435. The number of hydrogen-bond donors (Lipinski definition) is 0. The molecule has 36 heavy (non-hydrogen) atoms. The Morgan fingerprint density at radius 2 is 1.61 bits per heavy atom. The third kappa shape index (κ3) is 5.10. The lowest BCUT2D eigenvalue weighted by Gasteiger charge is -2.18. The molecule has 0 radical (unpaired) electrons. The summed E-state index contributed by atoms with van der Waals surface area (Å²) in [5.74, 6) is -2.30. The Balaban J connectivity index is 1.42. The molecule has 0 saturated heterocycles. The standard InChI is InChI=1S/C27H23FN2O6/c1-29(14-17-6-5-7-19(28)12-17)24(31)16-36-27(34)22-13-18(10-11-23(22)35-2)15-30-25(32)20-8-3-4-9-21(20)26(30)33/h3-13H,14-16H2,1-2H3. The second-order valence-electron chi connectivity index (χ2n) is 8.23. The summed E-state index contributed by atoms with van der Waals surface area (Å²) >= 11 is 0. The number of carbonyl (C=O) groups is 4. The number of nitrogens with zero attached hydrogens (tertiary/aromatic N) is 2. The molecule has 3 amide bonds. The summed E-state index contributed by atoms with van der Waals surface area (Å²) in [5.41, 5.74) is 1.81. The van der Waals surface area contributed by atoms with Gasteiger partial charge in [-0.2, -0.15) is 0 Å². The molecule has 0 aliphatic carbocycles. The van der Waals surface area contributed by atoms with Crippen molar-refractivity contribution in [3.8, 4) is 5.75 Å². The summed E-state index contributed by atoms with van der Waals surface area (Å²) in [7, 11) is 2.90. The van der Waals surface area contributed by atoms with E-state index in [1.165, 1.54) is 43.3 Å². The third-order valence-corrected chi connectivity index (χ3v) is 5.76. The highest BCUT2D eigenvalue weighted by molar-refractivity contribution is 6.21. The SMILES string of the molecule is COc1ccc(CN2C(=O)c3ccccc3C2=O)cc1C(=O)OCC(=O)N(C)Cc1cccc(F)c1. The van der Waals surface area contributed by atoms with Gasteiger partial charge in [0, 0.05) is 13.6 Å². The number of halogens is 1. The molecule has 0 N–H and O–H groups in total. The van der Waals surface area contributed by atoms with Crippen molar-refractivity contribution in [2.75, 3.05) is 20.8 Å². The second-order valence-corrected chi connectivity index (χ2v) is 8.23. The van der Waals surface area contributed by atoms with Gasteiger partial charge in [-0.25, -0.2) is 9.18 Å². The van der Waals surface area contributed by atoms with Crippen LogP contribution in [-0.2, 0) is 22.6 Å². The van der Waals surface area contributed by atoms with Crippen molar-refractivity contribution < 1.29 is 33.0 Å². The number of methoxy groups -OCH3 is 1. The van der Waals surface area contributed by atoms with E-state index >= 15 is 0 Å². The van der Waals surface area contributed by atoms with Crippen molar-refractivity contribution >= 4 is 23.7 Å². The molecule has 0 saturated carbocycles. The van der Waals surface area contributed by atoms with Gasteiger partial charge in [-0.1, -0.05) is 30.3 Å². The molecular formula is C27H23FN2O6. The Morgan fingerprint density at radius 1 is 0.917 bits per heavy atom. The number of rotatable bonds is 8. The van der Waals surface area contributed by atoms with E-state index in [9.17, 15) is 23.6 Å². The molecular weight excluding hydrogens is 467 g/mol. The fraction of sp³-hybridized carbons (Fsp3) is 0.185. The number of fused-ring (bicyclic) bond motifs is 1. The van der Waals surface area contributed by atoms with Gasteiger partial charge in [0.2, 0.25) is 0 Å². The van der Waals surface area contributed by atoms with Crippen molar-refractivity contribution in [2.24, 2.45) is 0 Å². The molecule has 1 aliphatic rings. The monoisotopic (exact) mass is 490 g/mol. The summed E-state index contributed by atoms with van der Waals surface area (Å²) < 4.78 is 23.8. The Kier molecular flexibility index (Phi) is 7.10. The zero-order valence-electron chi connectivity index (χ0n) is 19.7. The third-order valence-electron chi connectivity index (χ3n) is 5.76. The second kappa shape index (κ2) is 10.4. The van der Waals surface area contributed by atoms with Gasteiger partial charge in [0.05, 0.1) is 24.8 Å². The largest absolute Gasteiger partial charge is 0.496 e. The zero-order chi connectivity index (χ0) is 25.8. The number of ether oxygens (including phenoxy) is 2. The number of hydrogen-bond acceptors (Lipinski definition) is 6. The van der Waals surface area contributed by atoms with Crippen molar-refractivity contribution in [1.29, 1.82) is 0 Å². The predicted molar refractivity (Wildman–Crippen MR) is 127 cm³/mol. The minimum atomic E-state index is -0.802. The maximum absolute atomic E-state index is 13.4. The van der Waals surface area contributed by atoms with Gasteiger partial charge < -0.3 is 14.4 Å². The van der Waals surface area contributed by atoms with E-state index in [2.05, 4.69) is 0 Å². The fourth-order valence-electron chi connectivity index (χ4n) is 3.89. The van der Waals surface area contributed by atoms with E-state index in [-0.39, 0.29) is 24.4 Å². The Labute approximate surface area is 206 Å². The van der Waals surface area contributed by atoms with Crippen molar-refractivity contribution in [1.82, 2.24) is 9.80 Å². The van der Waals surface area contributed by atoms with Gasteiger partial charge in [-0.05, 0) is 47.5 Å². The summed E-state index contributed by atoms with van der Waals surface area (Å²) in [4.78, 5) is 53.0. The van der Waals surface area contributed by atoms with Crippen molar-refractivity contribution in [3.63, 3.8) is 0 Å². The van der Waals surface area contributed by atoms with E-state index in [4.69, 9.17) is 9.47 Å². The number of esters is 1. The van der Waals surface area contributed by atoms with Gasteiger partial charge in [-0.3, -0.25) is 19.3 Å². The van der Waals surface area contributed by atoms with Gasteiger partial charge in [0.25, 0.3) is 17.7 Å². The van der Waals surface area contributed by atoms with Crippen LogP contribution in [-0.4, -0.2) is 54.3 Å². The summed E-state index contributed by atoms with van der Waals surface area (Å²) in [6.07, 6.45) is 0. The molecule has 0 unspecified atom stereocenters. The first-order valence-electron chi connectivity index (χ1n) is 11.1. The predicted octanol–water partition coefficient (Wildman–Crippen LogP) is 3.45. The number of likely N-dealkylation sites (N-methyl/N-ethyl adjacent to an activating group) is 1. The molecule has 0 bridgehead atoms. The van der Waals surface area contributed by atoms with Crippen LogP contribution >= 0.6 is 0 Å². The van der Waals surface area contributed by atoms with E-state index in [1.54, 1.807) is 42.5 Å². The van der Waals surface area contributed by atoms with Crippen LogP contribution in [0.5, 0.6) is 5.75 Å². The molecule has 8 nitrogen and oxygen atoms in total. The number of imide groups is 1.